The highest BCUT2D eigenvalue weighted by Crippen LogP contribution is 2.26. The van der Waals surface area contributed by atoms with Gasteiger partial charge in [0.05, 0.1) is 0 Å². The lowest BCUT2D eigenvalue weighted by atomic mass is 9.98. The highest BCUT2D eigenvalue weighted by Gasteiger charge is 2.32. The molecule has 1 rings (SSSR count). The summed E-state index contributed by atoms with van der Waals surface area (Å²) >= 11 is 1.72. The first kappa shape index (κ1) is 17.1. The Morgan fingerprint density at radius 3 is 2.55 bits per heavy atom. The van der Waals surface area contributed by atoms with Crippen LogP contribution in [0.2, 0.25) is 0 Å². The molecule has 3 nitrogen and oxygen atoms in total. The van der Waals surface area contributed by atoms with Crippen molar-refractivity contribution in [2.24, 2.45) is 0 Å². The predicted octanol–water partition coefficient (Wildman–Crippen LogP) is 3.63. The van der Waals surface area contributed by atoms with Crippen molar-refractivity contribution in [2.75, 3.05) is 5.75 Å². The normalized spacial score (nSPS) is 14.3. The lowest BCUT2D eigenvalue weighted by molar-refractivity contribution is -0.144. The number of rotatable bonds is 7. The van der Waals surface area contributed by atoms with E-state index in [1.165, 1.54) is 16.0 Å². The van der Waals surface area contributed by atoms with Gasteiger partial charge in [-0.25, -0.2) is 0 Å². The van der Waals surface area contributed by atoms with Gasteiger partial charge in [0.2, 0.25) is 0 Å². The molecule has 20 heavy (non-hydrogen) atoms. The number of carboxylic acids is 1. The molecule has 0 spiro atoms. The van der Waals surface area contributed by atoms with Gasteiger partial charge >= 0.3 is 5.97 Å². The van der Waals surface area contributed by atoms with Crippen molar-refractivity contribution in [2.45, 2.75) is 57.5 Å². The van der Waals surface area contributed by atoms with Crippen LogP contribution in [-0.4, -0.2) is 28.4 Å². The number of thioether (sulfide) groups is 1. The number of hydrogen-bond acceptors (Lipinski definition) is 3. The smallest absolute Gasteiger partial charge is 0.323 e. The number of aliphatic carboxylic acids is 1. The standard InChI is InChI=1S/C16H25NO2S/c1-11(2)17-16(5,15(18)19)8-9-20-14-7-6-12(3)10-13(14)4/h6-7,10-11,17H,8-9H2,1-5H3,(H,18,19). The van der Waals surface area contributed by atoms with Crippen molar-refractivity contribution in [1.82, 2.24) is 5.32 Å². The number of carboxylic acid groups (broad SMARTS) is 1. The van der Waals surface area contributed by atoms with Crippen LogP contribution < -0.4 is 5.32 Å². The minimum absolute atomic E-state index is 0.155. The third-order valence-corrected chi connectivity index (χ3v) is 4.45. The zero-order chi connectivity index (χ0) is 15.3. The first-order chi connectivity index (χ1) is 9.24. The van der Waals surface area contributed by atoms with Crippen LogP contribution in [0.1, 0.15) is 38.3 Å². The molecule has 0 heterocycles. The second-order valence-corrected chi connectivity index (χ2v) is 6.94. The first-order valence-corrected chi connectivity index (χ1v) is 7.94. The van der Waals surface area contributed by atoms with Crippen LogP contribution in [0.5, 0.6) is 0 Å². The molecule has 0 saturated heterocycles. The van der Waals surface area contributed by atoms with Crippen LogP contribution in [0.15, 0.2) is 23.1 Å². The first-order valence-electron chi connectivity index (χ1n) is 6.96. The van der Waals surface area contributed by atoms with Gasteiger partial charge in [0.25, 0.3) is 0 Å². The molecular weight excluding hydrogens is 270 g/mol. The molecule has 0 aliphatic heterocycles. The van der Waals surface area contributed by atoms with E-state index in [1.807, 2.05) is 13.8 Å². The molecule has 0 aromatic heterocycles. The van der Waals surface area contributed by atoms with E-state index in [9.17, 15) is 9.90 Å². The fourth-order valence-corrected chi connectivity index (χ4v) is 3.39. The topological polar surface area (TPSA) is 49.3 Å². The monoisotopic (exact) mass is 295 g/mol. The van der Waals surface area contributed by atoms with Gasteiger partial charge in [0.15, 0.2) is 0 Å². The Balaban J connectivity index is 2.63. The molecule has 0 aliphatic rings. The minimum atomic E-state index is -0.861. The molecule has 0 fully saturated rings. The number of hydrogen-bond donors (Lipinski definition) is 2. The quantitative estimate of drug-likeness (QED) is 0.754. The largest absolute Gasteiger partial charge is 0.480 e. The van der Waals surface area contributed by atoms with Crippen molar-refractivity contribution in [3.05, 3.63) is 29.3 Å². The molecular formula is C16H25NO2S. The van der Waals surface area contributed by atoms with E-state index in [1.54, 1.807) is 18.7 Å². The Labute approximate surface area is 126 Å². The lowest BCUT2D eigenvalue weighted by Gasteiger charge is -2.28. The summed E-state index contributed by atoms with van der Waals surface area (Å²) in [6, 6.07) is 6.52. The maximum atomic E-state index is 11.4. The van der Waals surface area contributed by atoms with Crippen LogP contribution in [-0.2, 0) is 4.79 Å². The van der Waals surface area contributed by atoms with E-state index in [-0.39, 0.29) is 6.04 Å². The summed E-state index contributed by atoms with van der Waals surface area (Å²) < 4.78 is 0. The Morgan fingerprint density at radius 2 is 2.05 bits per heavy atom. The summed E-state index contributed by atoms with van der Waals surface area (Å²) in [6.07, 6.45) is 0.596. The maximum Gasteiger partial charge on any atom is 0.323 e. The summed E-state index contributed by atoms with van der Waals surface area (Å²) in [4.78, 5) is 12.7. The van der Waals surface area contributed by atoms with Crippen LogP contribution in [0.25, 0.3) is 0 Å². The van der Waals surface area contributed by atoms with E-state index >= 15 is 0 Å². The number of aryl methyl sites for hydroxylation is 2. The molecule has 0 aliphatic carbocycles. The molecule has 4 heteroatoms. The zero-order valence-corrected chi connectivity index (χ0v) is 13.8. The molecule has 1 aromatic carbocycles. The zero-order valence-electron chi connectivity index (χ0n) is 13.0. The Bertz CT molecular complexity index is 474. The summed E-state index contributed by atoms with van der Waals surface area (Å²) in [5.74, 6) is -0.000641. The molecule has 0 saturated carbocycles. The summed E-state index contributed by atoms with van der Waals surface area (Å²) in [6.45, 7) is 9.88. The van der Waals surface area contributed by atoms with Crippen molar-refractivity contribution in [1.29, 1.82) is 0 Å². The van der Waals surface area contributed by atoms with Gasteiger partial charge in [-0.3, -0.25) is 10.1 Å². The molecule has 2 N–H and O–H groups in total. The van der Waals surface area contributed by atoms with Crippen LogP contribution in [0, 0.1) is 13.8 Å². The molecule has 1 unspecified atom stereocenters. The molecule has 0 amide bonds. The average Bonchev–Trinajstić information content (AvgIpc) is 2.30. The summed E-state index contributed by atoms with van der Waals surface area (Å²) in [7, 11) is 0. The Morgan fingerprint density at radius 1 is 1.40 bits per heavy atom. The molecule has 1 atom stereocenters. The maximum absolute atomic E-state index is 11.4. The third kappa shape index (κ3) is 4.84. The molecule has 1 aromatic rings. The second-order valence-electron chi connectivity index (χ2n) is 5.80. The van der Waals surface area contributed by atoms with Gasteiger partial charge in [-0.1, -0.05) is 17.7 Å². The number of nitrogens with one attached hydrogen (secondary N) is 1. The van der Waals surface area contributed by atoms with Crippen LogP contribution >= 0.6 is 11.8 Å². The van der Waals surface area contributed by atoms with Gasteiger partial charge in [0.1, 0.15) is 5.54 Å². The summed E-state index contributed by atoms with van der Waals surface area (Å²) in [5.41, 5.74) is 1.65. The lowest BCUT2D eigenvalue weighted by Crippen LogP contribution is -2.52. The summed E-state index contributed by atoms with van der Waals surface area (Å²) in [5, 5.41) is 12.6. The highest BCUT2D eigenvalue weighted by atomic mass is 32.2. The van der Waals surface area contributed by atoms with Crippen molar-refractivity contribution < 1.29 is 9.90 Å². The van der Waals surface area contributed by atoms with E-state index in [2.05, 4.69) is 37.4 Å². The molecule has 0 bridgehead atoms. The van der Waals surface area contributed by atoms with E-state index < -0.39 is 11.5 Å². The van der Waals surface area contributed by atoms with Crippen molar-refractivity contribution >= 4 is 17.7 Å². The van der Waals surface area contributed by atoms with Crippen molar-refractivity contribution in [3.63, 3.8) is 0 Å². The second kappa shape index (κ2) is 7.14. The van der Waals surface area contributed by atoms with E-state index in [4.69, 9.17) is 0 Å². The highest BCUT2D eigenvalue weighted by molar-refractivity contribution is 7.99. The fraction of sp³-hybridized carbons (Fsp3) is 0.562. The Hall–Kier alpha value is -1.00. The van der Waals surface area contributed by atoms with Gasteiger partial charge < -0.3 is 5.11 Å². The minimum Gasteiger partial charge on any atom is -0.480 e. The SMILES string of the molecule is Cc1ccc(SCCC(C)(NC(C)C)C(=O)O)c(C)c1. The Kier molecular flexibility index (Phi) is 6.08. The van der Waals surface area contributed by atoms with Crippen molar-refractivity contribution in [3.8, 4) is 0 Å². The van der Waals surface area contributed by atoms with Crippen LogP contribution in [0.3, 0.4) is 0 Å². The average molecular weight is 295 g/mol. The third-order valence-electron chi connectivity index (χ3n) is 3.27. The molecule has 112 valence electrons. The van der Waals surface area contributed by atoms with E-state index in [0.29, 0.717) is 6.42 Å². The van der Waals surface area contributed by atoms with Crippen LogP contribution in [0.4, 0.5) is 0 Å². The van der Waals surface area contributed by atoms with Gasteiger partial charge in [-0.2, -0.15) is 0 Å². The van der Waals surface area contributed by atoms with Gasteiger partial charge in [0, 0.05) is 16.7 Å². The fourth-order valence-electron chi connectivity index (χ4n) is 2.20. The molecule has 0 radical (unpaired) electrons. The van der Waals surface area contributed by atoms with Gasteiger partial charge in [-0.05, 0) is 52.7 Å². The number of benzene rings is 1. The number of carbonyl (C=O) groups is 1. The predicted molar refractivity (Wildman–Crippen MR) is 85.6 cm³/mol. The van der Waals surface area contributed by atoms with E-state index in [0.717, 1.165) is 5.75 Å². The van der Waals surface area contributed by atoms with Gasteiger partial charge in [-0.15, -0.1) is 11.8 Å².